The van der Waals surface area contributed by atoms with Crippen LogP contribution in [-0.4, -0.2) is 120 Å². The molecule has 0 spiro atoms. The maximum absolute atomic E-state index is 14.9. The predicted octanol–water partition coefficient (Wildman–Crippen LogP) is 7.17. The van der Waals surface area contributed by atoms with Crippen molar-refractivity contribution in [3.05, 3.63) is 70.3 Å². The van der Waals surface area contributed by atoms with Crippen LogP contribution in [0, 0.1) is 5.41 Å². The summed E-state index contributed by atoms with van der Waals surface area (Å²) in [4.78, 5) is 60.7. The van der Waals surface area contributed by atoms with Crippen molar-refractivity contribution in [3.8, 4) is 0 Å². The number of unbranched alkanes of at least 4 members (excludes halogenated alkanes) is 6. The summed E-state index contributed by atoms with van der Waals surface area (Å²) in [6, 6.07) is -0.656. The van der Waals surface area contributed by atoms with Gasteiger partial charge in [-0.2, -0.15) is 5.11 Å². The maximum Gasteiger partial charge on any atom is 0.254 e. The minimum absolute atomic E-state index is 0.0155. The average molecular weight is 948 g/mol. The Hall–Kier alpha value is -4.58. The molecule has 4 aliphatic heterocycles. The van der Waals surface area contributed by atoms with Gasteiger partial charge in [-0.1, -0.05) is 79.3 Å². The monoisotopic (exact) mass is 946 g/mol. The van der Waals surface area contributed by atoms with Gasteiger partial charge in [-0.05, 0) is 93.9 Å². The number of carbonyl (C=O) groups excluding carboxylic acids is 4. The van der Waals surface area contributed by atoms with E-state index in [0.29, 0.717) is 31.4 Å². The molecule has 0 bridgehead atoms. The number of dihydropyridines is 1. The number of halogens is 2. The number of imide groups is 1. The molecule has 0 aromatic carbocycles. The molecule has 7 aliphatic rings. The Labute approximate surface area is 395 Å². The molecule has 3 aliphatic carbocycles. The number of hydrogen-bond donors (Lipinski definition) is 4. The Morgan fingerprint density at radius 2 is 1.86 bits per heavy atom. The van der Waals surface area contributed by atoms with Gasteiger partial charge in [0.1, 0.15) is 18.0 Å². The van der Waals surface area contributed by atoms with Crippen LogP contribution in [0.2, 0.25) is 0 Å². The number of alkyl halides is 1. The number of fused-ring (bicyclic) bond motifs is 1. The van der Waals surface area contributed by atoms with Crippen LogP contribution in [0.25, 0.3) is 0 Å². The number of anilines is 1. The van der Waals surface area contributed by atoms with Crippen LogP contribution in [-0.2, 0) is 23.9 Å². The van der Waals surface area contributed by atoms with Crippen molar-refractivity contribution < 1.29 is 28.3 Å². The third-order valence-electron chi connectivity index (χ3n) is 14.0. The van der Waals surface area contributed by atoms with E-state index in [9.17, 15) is 23.6 Å². The Balaban J connectivity index is 0.688. The topological polar surface area (TPSA) is 182 Å². The molecule has 15 nitrogen and oxygen atoms in total. The summed E-state index contributed by atoms with van der Waals surface area (Å²) < 4.78 is 21.1. The third-order valence-corrected chi connectivity index (χ3v) is 15.0. The summed E-state index contributed by atoms with van der Waals surface area (Å²) in [6.45, 7) is 3.68. The number of ether oxygens (including phenoxy) is 1. The fourth-order valence-electron chi connectivity index (χ4n) is 10.4. The number of amides is 4. The van der Waals surface area contributed by atoms with Crippen LogP contribution in [0.5, 0.6) is 0 Å². The van der Waals surface area contributed by atoms with Crippen molar-refractivity contribution in [2.75, 3.05) is 38.0 Å². The quantitative estimate of drug-likeness (QED) is 0.0734. The number of amidine groups is 1. The van der Waals surface area contributed by atoms with Gasteiger partial charge < -0.3 is 25.6 Å². The van der Waals surface area contributed by atoms with Crippen LogP contribution in [0.4, 0.5) is 9.52 Å². The average Bonchev–Trinajstić information content (AvgIpc) is 4.08. The summed E-state index contributed by atoms with van der Waals surface area (Å²) in [5.41, 5.74) is 1.34. The maximum atomic E-state index is 14.9. The molecule has 356 valence electrons. The molecule has 1 saturated carbocycles. The van der Waals surface area contributed by atoms with Gasteiger partial charge in [0.25, 0.3) is 5.91 Å². The lowest BCUT2D eigenvalue weighted by Gasteiger charge is -2.44. The lowest BCUT2D eigenvalue weighted by Crippen LogP contribution is -2.52. The summed E-state index contributed by atoms with van der Waals surface area (Å²) in [6.07, 6.45) is 27.2. The molecular formula is C48H64ClFN10O5S. The zero-order chi connectivity index (χ0) is 45.9. The van der Waals surface area contributed by atoms with Crippen LogP contribution in [0.1, 0.15) is 109 Å². The molecule has 3 fully saturated rings. The van der Waals surface area contributed by atoms with E-state index >= 15 is 0 Å². The van der Waals surface area contributed by atoms with E-state index in [0.717, 1.165) is 120 Å². The standard InChI is InChI=1S/C48H64ClFN10O5S/c49-37-11-9-12-39(44(37)50)65-35-19-21-48(22-20-35,29-34-10-8-13-41(53-34)55-47-52-25-27-66-47)40-31-59(58-57-40)26-24-51-23-7-5-3-1-2-4-6-14-42(61)54-33-15-16-36-32(28-33)30-60(46(36)64)38-17-18-43(62)56-45(38)63/h8-9,11-13,16,25,27-28,33-35,38-40,44,51H,1-7,10,14-15,17-24,26,29-31H2,(H,54,61)(H,52,53,55)(H,56,62,63). The Morgan fingerprint density at radius 3 is 2.67 bits per heavy atom. The molecule has 5 heterocycles. The first-order chi connectivity index (χ1) is 32.1. The van der Waals surface area contributed by atoms with E-state index in [1.165, 1.54) is 6.42 Å². The highest BCUT2D eigenvalue weighted by Gasteiger charge is 2.47. The lowest BCUT2D eigenvalue weighted by atomic mass is 9.64. The first kappa shape index (κ1) is 47.9. The van der Waals surface area contributed by atoms with Gasteiger partial charge in [-0.15, -0.1) is 11.3 Å². The second-order valence-corrected chi connectivity index (χ2v) is 20.0. The van der Waals surface area contributed by atoms with Gasteiger partial charge in [0, 0.05) is 43.1 Å². The Bertz CT molecular complexity index is 2120. The van der Waals surface area contributed by atoms with Gasteiger partial charge in [0.2, 0.25) is 17.7 Å². The van der Waals surface area contributed by atoms with E-state index in [1.54, 1.807) is 40.7 Å². The van der Waals surface area contributed by atoms with E-state index in [1.807, 2.05) is 23.6 Å². The number of carbonyl (C=O) groups is 4. The number of rotatable bonds is 21. The minimum atomic E-state index is -1.33. The highest BCUT2D eigenvalue weighted by Crippen LogP contribution is 2.48. The second-order valence-electron chi connectivity index (χ2n) is 18.7. The van der Waals surface area contributed by atoms with Crippen molar-refractivity contribution in [3.63, 3.8) is 0 Å². The van der Waals surface area contributed by atoms with Crippen molar-refractivity contribution in [2.24, 2.45) is 20.7 Å². The van der Waals surface area contributed by atoms with Crippen molar-refractivity contribution >= 4 is 57.5 Å². The summed E-state index contributed by atoms with van der Waals surface area (Å²) in [5.74, 6) is -0.0660. The van der Waals surface area contributed by atoms with Crippen molar-refractivity contribution in [1.82, 2.24) is 30.8 Å². The number of aliphatic imine (C=N–C) groups is 1. The van der Waals surface area contributed by atoms with Crippen LogP contribution >= 0.6 is 22.9 Å². The summed E-state index contributed by atoms with van der Waals surface area (Å²) in [5, 5.41) is 27.0. The van der Waals surface area contributed by atoms with Crippen LogP contribution in [0.3, 0.4) is 0 Å². The smallest absolute Gasteiger partial charge is 0.254 e. The Morgan fingerprint density at radius 1 is 1.05 bits per heavy atom. The van der Waals surface area contributed by atoms with Crippen LogP contribution in [0.15, 0.2) is 85.6 Å². The molecule has 1 aromatic heterocycles. The molecule has 2 saturated heterocycles. The van der Waals surface area contributed by atoms with Crippen molar-refractivity contribution in [2.45, 2.75) is 152 Å². The highest BCUT2D eigenvalue weighted by molar-refractivity contribution is 7.13. The predicted molar refractivity (Wildman–Crippen MR) is 253 cm³/mol. The van der Waals surface area contributed by atoms with Gasteiger partial charge >= 0.3 is 0 Å². The summed E-state index contributed by atoms with van der Waals surface area (Å²) in [7, 11) is 0. The molecule has 66 heavy (non-hydrogen) atoms. The fraction of sp³-hybridized carbons (Fsp3) is 0.625. The molecule has 6 unspecified atom stereocenters. The number of hydrogen-bond acceptors (Lipinski definition) is 13. The number of likely N-dealkylation sites (tertiary alicyclic amines) is 1. The van der Waals surface area contributed by atoms with Gasteiger partial charge in [-0.25, -0.2) is 9.37 Å². The minimum Gasteiger partial charge on any atom is -0.367 e. The number of allylic oxidation sites excluding steroid dienone is 2. The first-order valence-electron chi connectivity index (χ1n) is 24.1. The lowest BCUT2D eigenvalue weighted by molar-refractivity contribution is -0.142. The highest BCUT2D eigenvalue weighted by atomic mass is 35.5. The number of thiazole rings is 1. The molecular weight excluding hydrogens is 883 g/mol. The number of nitrogens with one attached hydrogen (secondary N) is 4. The second kappa shape index (κ2) is 22.9. The van der Waals surface area contributed by atoms with Gasteiger partial charge in [-0.3, -0.25) is 34.5 Å². The molecule has 1 aromatic rings. The Kier molecular flexibility index (Phi) is 16.7. The van der Waals surface area contributed by atoms with Crippen LogP contribution < -0.4 is 21.3 Å². The third kappa shape index (κ3) is 12.5. The van der Waals surface area contributed by atoms with E-state index in [2.05, 4.69) is 42.6 Å². The molecule has 6 atom stereocenters. The zero-order valence-electron chi connectivity index (χ0n) is 37.7. The SMILES string of the molecule is O=C1CCC(N2CC3=CC(NC(=O)CCCCCCCCCNCCN4CC(C5(CC6CC=CC(Nc7nccs7)=N6)CCC(OC6C=CC=C(Cl)C6F)CC5)N=N4)CC=C3C2=O)C(=O)N1. The molecule has 18 heteroatoms. The molecule has 4 amide bonds. The molecule has 0 radical (unpaired) electrons. The van der Waals surface area contributed by atoms with Crippen molar-refractivity contribution in [1.29, 1.82) is 0 Å². The van der Waals surface area contributed by atoms with E-state index in [4.69, 9.17) is 26.4 Å². The zero-order valence-corrected chi connectivity index (χ0v) is 39.3. The largest absolute Gasteiger partial charge is 0.367 e. The number of nitrogens with zero attached hydrogens (tertiary/aromatic N) is 6. The number of piperidine rings is 1. The van der Waals surface area contributed by atoms with E-state index in [-0.39, 0.29) is 58.8 Å². The summed E-state index contributed by atoms with van der Waals surface area (Å²) >= 11 is 7.66. The van der Waals surface area contributed by atoms with E-state index < -0.39 is 24.2 Å². The van der Waals surface area contributed by atoms with Gasteiger partial charge in [0.15, 0.2) is 11.3 Å². The molecule has 4 N–H and O–H groups in total. The fourth-order valence-corrected chi connectivity index (χ4v) is 11.1. The first-order valence-corrected chi connectivity index (χ1v) is 25.3. The number of aromatic nitrogens is 1. The normalized spacial score (nSPS) is 29.6. The molecule has 8 rings (SSSR count). The van der Waals surface area contributed by atoms with Gasteiger partial charge in [0.05, 0.1) is 42.4 Å².